The highest BCUT2D eigenvalue weighted by Gasteiger charge is 2.29. The first-order chi connectivity index (χ1) is 14.9. The normalized spacial score (nSPS) is 27.8. The number of carbonyl (C=O) groups is 2. The van der Waals surface area contributed by atoms with Gasteiger partial charge >= 0.3 is 0 Å². The Labute approximate surface area is 191 Å². The second-order valence-electron chi connectivity index (χ2n) is 10.3. The molecule has 2 fully saturated rings. The lowest BCUT2D eigenvalue weighted by molar-refractivity contribution is -0.127. The van der Waals surface area contributed by atoms with Crippen molar-refractivity contribution in [3.8, 4) is 0 Å². The Balaban J connectivity index is 0.00000512. The van der Waals surface area contributed by atoms with Crippen molar-refractivity contribution < 1.29 is 20.5 Å². The number of carbonyl (C=O) groups excluding carboxylic acids is 2. The van der Waals surface area contributed by atoms with Crippen molar-refractivity contribution in [3.05, 3.63) is 0 Å². The smallest absolute Gasteiger partial charge is 0.220 e. The second-order valence-corrected chi connectivity index (χ2v) is 10.3. The van der Waals surface area contributed by atoms with Crippen LogP contribution in [0.15, 0.2) is 0 Å². The molecule has 0 aromatic carbocycles. The highest BCUT2D eigenvalue weighted by atomic mass is 16.5. The van der Waals surface area contributed by atoms with Crippen molar-refractivity contribution in [3.63, 3.8) is 0 Å². The monoisotopic (exact) mass is 439 g/mol. The molecule has 0 heterocycles. The lowest BCUT2D eigenvalue weighted by Crippen LogP contribution is -2.39. The molecule has 0 radical (unpaired) electrons. The molecule has 2 rings (SSSR count). The van der Waals surface area contributed by atoms with Gasteiger partial charge in [0.05, 0.1) is 12.2 Å². The molecule has 2 saturated carbocycles. The summed E-state index contributed by atoms with van der Waals surface area (Å²) in [6.45, 7) is 10.1. The topological polar surface area (TPSA) is 64.6 Å². The number of hydrogen-bond donors (Lipinski definition) is 1. The molecule has 5 heteroatoms. The zero-order valence-electron chi connectivity index (χ0n) is 20.5. The summed E-state index contributed by atoms with van der Waals surface area (Å²) in [5, 5.41) is 3.17. The van der Waals surface area contributed by atoms with E-state index in [0.29, 0.717) is 36.9 Å². The quantitative estimate of drug-likeness (QED) is 0.374. The Morgan fingerprint density at radius 3 is 2.03 bits per heavy atom. The van der Waals surface area contributed by atoms with Crippen LogP contribution in [-0.4, -0.2) is 43.2 Å². The van der Waals surface area contributed by atoms with Gasteiger partial charge in [-0.1, -0.05) is 27.7 Å². The van der Waals surface area contributed by atoms with Gasteiger partial charge in [-0.15, -0.1) is 0 Å². The van der Waals surface area contributed by atoms with Gasteiger partial charge in [0.2, 0.25) is 5.91 Å². The second kappa shape index (κ2) is 14.3. The number of amides is 1. The minimum Gasteiger partial charge on any atom is -0.378 e. The van der Waals surface area contributed by atoms with Gasteiger partial charge in [0, 0.05) is 38.9 Å². The van der Waals surface area contributed by atoms with Crippen LogP contribution in [0.25, 0.3) is 0 Å². The number of hydrogen-bond acceptors (Lipinski definition) is 4. The fraction of sp³-hybridized carbons (Fsp3) is 0.923. The molecule has 2 aliphatic carbocycles. The van der Waals surface area contributed by atoms with Gasteiger partial charge in [-0.2, -0.15) is 0 Å². The molecular formula is C26H49NO4. The van der Waals surface area contributed by atoms with Crippen LogP contribution in [0.4, 0.5) is 0 Å². The van der Waals surface area contributed by atoms with Crippen molar-refractivity contribution in [2.45, 2.75) is 123 Å². The first-order valence-corrected chi connectivity index (χ1v) is 12.9. The molecule has 0 aromatic heterocycles. The van der Waals surface area contributed by atoms with Crippen molar-refractivity contribution in [1.29, 1.82) is 0 Å². The van der Waals surface area contributed by atoms with Crippen LogP contribution >= 0.6 is 0 Å². The van der Waals surface area contributed by atoms with E-state index in [4.69, 9.17) is 9.47 Å². The van der Waals surface area contributed by atoms with E-state index in [0.717, 1.165) is 77.2 Å². The van der Waals surface area contributed by atoms with E-state index in [1.54, 1.807) is 0 Å². The Bertz CT molecular complexity index is 526. The van der Waals surface area contributed by atoms with Gasteiger partial charge in [-0.3, -0.25) is 9.59 Å². The summed E-state index contributed by atoms with van der Waals surface area (Å²) in [5.41, 5.74) is 0. The van der Waals surface area contributed by atoms with Crippen LogP contribution in [0.5, 0.6) is 0 Å². The van der Waals surface area contributed by atoms with Crippen LogP contribution in [0, 0.1) is 17.8 Å². The van der Waals surface area contributed by atoms with Gasteiger partial charge in [0.15, 0.2) is 0 Å². The first kappa shape index (κ1) is 26.3. The third-order valence-corrected chi connectivity index (χ3v) is 7.16. The molecule has 5 nitrogen and oxygen atoms in total. The Morgan fingerprint density at radius 1 is 0.903 bits per heavy atom. The molecule has 182 valence electrons. The predicted molar refractivity (Wildman–Crippen MR) is 127 cm³/mol. The van der Waals surface area contributed by atoms with Crippen LogP contribution in [0.3, 0.4) is 0 Å². The van der Waals surface area contributed by atoms with Gasteiger partial charge in [0.25, 0.3) is 0 Å². The van der Waals surface area contributed by atoms with Crippen LogP contribution < -0.4 is 5.32 Å². The third kappa shape index (κ3) is 10.0. The Kier molecular flexibility index (Phi) is 12.1. The molecule has 0 bridgehead atoms. The molecule has 0 aromatic rings. The predicted octanol–water partition coefficient (Wildman–Crippen LogP) is 5.69. The summed E-state index contributed by atoms with van der Waals surface area (Å²) in [5.74, 6) is 1.62. The van der Waals surface area contributed by atoms with Crippen molar-refractivity contribution in [1.82, 2.24) is 5.32 Å². The molecule has 2 aliphatic rings. The highest BCUT2D eigenvalue weighted by molar-refractivity contribution is 5.83. The first-order valence-electron chi connectivity index (χ1n) is 12.9. The number of ketones is 1. The lowest BCUT2D eigenvalue weighted by atomic mass is 9.79. The number of Topliss-reactive ketones (excluding diaryl/α,β-unsaturated/α-hetero) is 1. The highest BCUT2D eigenvalue weighted by Crippen LogP contribution is 2.28. The third-order valence-electron chi connectivity index (χ3n) is 7.16. The fourth-order valence-electron chi connectivity index (χ4n) is 4.74. The maximum atomic E-state index is 12.3. The number of ether oxygens (including phenoxy) is 2. The minimum atomic E-state index is 0. The van der Waals surface area contributed by atoms with Crippen molar-refractivity contribution >= 4 is 11.7 Å². The van der Waals surface area contributed by atoms with Crippen LogP contribution in [0.2, 0.25) is 0 Å². The average Bonchev–Trinajstić information content (AvgIpc) is 2.77. The molecule has 1 amide bonds. The van der Waals surface area contributed by atoms with Gasteiger partial charge in [-0.25, -0.2) is 0 Å². The maximum Gasteiger partial charge on any atom is 0.220 e. The number of rotatable bonds is 13. The van der Waals surface area contributed by atoms with E-state index in [2.05, 4.69) is 26.1 Å². The van der Waals surface area contributed by atoms with Gasteiger partial charge in [-0.05, 0) is 76.5 Å². The van der Waals surface area contributed by atoms with E-state index in [1.807, 2.05) is 6.92 Å². The fourth-order valence-corrected chi connectivity index (χ4v) is 4.74. The van der Waals surface area contributed by atoms with E-state index in [-0.39, 0.29) is 25.2 Å². The summed E-state index contributed by atoms with van der Waals surface area (Å²) in [4.78, 5) is 24.6. The van der Waals surface area contributed by atoms with Crippen LogP contribution in [0.1, 0.15) is 106 Å². The van der Waals surface area contributed by atoms with Gasteiger partial charge in [0.1, 0.15) is 5.78 Å². The standard InChI is InChI=1S/C26H47NO4.H2/c1-5-20(4)26(29)21-8-10-22(11-9-21)27-25(28)7-6-17-30-23-12-14-24(15-13-23)31-18-16-19(2)3;/h19-24H,5-18H2,1-4H3,(H,27,28);1H. The largest absolute Gasteiger partial charge is 0.378 e. The molecule has 0 aliphatic heterocycles. The molecule has 0 spiro atoms. The van der Waals surface area contributed by atoms with E-state index in [1.165, 1.54) is 0 Å². The van der Waals surface area contributed by atoms with E-state index in [9.17, 15) is 9.59 Å². The summed E-state index contributed by atoms with van der Waals surface area (Å²) in [6.07, 6.45) is 12.1. The SMILES string of the molecule is CCC(C)C(=O)C1CCC(NC(=O)CCCOC2CCC(OCCC(C)C)CC2)CC1.[HH]. The van der Waals surface area contributed by atoms with Crippen molar-refractivity contribution in [2.24, 2.45) is 17.8 Å². The Hall–Kier alpha value is -0.940. The molecule has 0 saturated heterocycles. The zero-order valence-corrected chi connectivity index (χ0v) is 20.5. The summed E-state index contributed by atoms with van der Waals surface area (Å²) >= 11 is 0. The van der Waals surface area contributed by atoms with E-state index >= 15 is 0 Å². The molecule has 1 unspecified atom stereocenters. The zero-order chi connectivity index (χ0) is 22.6. The van der Waals surface area contributed by atoms with Crippen LogP contribution in [-0.2, 0) is 19.1 Å². The maximum absolute atomic E-state index is 12.3. The molecule has 31 heavy (non-hydrogen) atoms. The Morgan fingerprint density at radius 2 is 1.48 bits per heavy atom. The molecular weight excluding hydrogens is 390 g/mol. The summed E-state index contributed by atoms with van der Waals surface area (Å²) in [7, 11) is 0. The average molecular weight is 440 g/mol. The van der Waals surface area contributed by atoms with E-state index < -0.39 is 0 Å². The lowest BCUT2D eigenvalue weighted by Gasteiger charge is -2.30. The number of nitrogens with one attached hydrogen (secondary N) is 1. The minimum absolute atomic E-state index is 0. The summed E-state index contributed by atoms with van der Waals surface area (Å²) in [6, 6.07) is 0.236. The molecule has 1 atom stereocenters. The van der Waals surface area contributed by atoms with Gasteiger partial charge < -0.3 is 14.8 Å². The van der Waals surface area contributed by atoms with Crippen molar-refractivity contribution in [2.75, 3.05) is 13.2 Å². The molecule has 1 N–H and O–H groups in total. The summed E-state index contributed by atoms with van der Waals surface area (Å²) < 4.78 is 12.0.